The summed E-state index contributed by atoms with van der Waals surface area (Å²) < 4.78 is 0. The minimum atomic E-state index is -0.537. The van der Waals surface area contributed by atoms with Gasteiger partial charge in [-0.2, -0.15) is 0 Å². The molecule has 4 heteroatoms. The van der Waals surface area contributed by atoms with Gasteiger partial charge < -0.3 is 15.3 Å². The fourth-order valence-electron chi connectivity index (χ4n) is 2.14. The Morgan fingerprint density at radius 2 is 1.86 bits per heavy atom. The Balaban J connectivity index is 1.93. The van der Waals surface area contributed by atoms with Crippen molar-refractivity contribution in [2.45, 2.75) is 25.6 Å². The zero-order valence-corrected chi connectivity index (χ0v) is 12.8. The van der Waals surface area contributed by atoms with Crippen LogP contribution in [0.25, 0.3) is 0 Å². The zero-order chi connectivity index (χ0) is 15.2. The van der Waals surface area contributed by atoms with Crippen LogP contribution in [0.5, 0.6) is 0 Å². The molecule has 2 N–H and O–H groups in total. The molecule has 0 bridgehead atoms. The molecule has 0 aliphatic heterocycles. The summed E-state index contributed by atoms with van der Waals surface area (Å²) in [4.78, 5) is 6.30. The van der Waals surface area contributed by atoms with E-state index in [-0.39, 0.29) is 6.04 Å². The van der Waals surface area contributed by atoms with Gasteiger partial charge in [0.2, 0.25) is 0 Å². The van der Waals surface area contributed by atoms with Crippen molar-refractivity contribution in [2.75, 3.05) is 19.0 Å². The molecule has 1 aromatic carbocycles. The number of pyridine rings is 1. The number of rotatable bonds is 6. The first kappa shape index (κ1) is 15.5. The molecule has 0 saturated carbocycles. The predicted molar refractivity (Wildman–Crippen MR) is 86.3 cm³/mol. The van der Waals surface area contributed by atoms with E-state index in [0.717, 1.165) is 16.9 Å². The molecule has 0 saturated heterocycles. The Hall–Kier alpha value is -1.91. The van der Waals surface area contributed by atoms with Gasteiger partial charge in [-0.15, -0.1) is 0 Å². The molecular weight excluding hydrogens is 262 g/mol. The van der Waals surface area contributed by atoms with Gasteiger partial charge in [0, 0.05) is 38.6 Å². The van der Waals surface area contributed by atoms with Crippen molar-refractivity contribution in [1.29, 1.82) is 0 Å². The highest BCUT2D eigenvalue weighted by Gasteiger charge is 2.16. The summed E-state index contributed by atoms with van der Waals surface area (Å²) in [6.07, 6.45) is 1.24. The highest BCUT2D eigenvalue weighted by Crippen LogP contribution is 2.20. The molecular formula is C17H23N3O. The van der Waals surface area contributed by atoms with E-state index in [4.69, 9.17) is 0 Å². The molecule has 0 radical (unpaired) electrons. The zero-order valence-electron chi connectivity index (χ0n) is 12.8. The van der Waals surface area contributed by atoms with E-state index in [2.05, 4.69) is 10.3 Å². The Morgan fingerprint density at radius 1 is 1.14 bits per heavy atom. The summed E-state index contributed by atoms with van der Waals surface area (Å²) in [7, 11) is 4.00. The summed E-state index contributed by atoms with van der Waals surface area (Å²) in [5.41, 5.74) is 3.01. The second-order valence-electron chi connectivity index (χ2n) is 5.42. The van der Waals surface area contributed by atoms with Crippen molar-refractivity contribution in [3.8, 4) is 0 Å². The first-order valence-electron chi connectivity index (χ1n) is 7.16. The van der Waals surface area contributed by atoms with E-state index in [9.17, 15) is 5.11 Å². The summed E-state index contributed by atoms with van der Waals surface area (Å²) in [6, 6.07) is 13.8. The van der Waals surface area contributed by atoms with Gasteiger partial charge in [-0.3, -0.25) is 4.98 Å². The molecule has 21 heavy (non-hydrogen) atoms. The Kier molecular flexibility index (Phi) is 5.31. The molecule has 2 aromatic rings. The van der Waals surface area contributed by atoms with Crippen LogP contribution in [0.4, 0.5) is 5.69 Å². The number of hydrogen-bond acceptors (Lipinski definition) is 4. The molecule has 112 valence electrons. The smallest absolute Gasteiger partial charge is 0.0940 e. The number of aliphatic hydroxyl groups excluding tert-OH is 1. The second kappa shape index (κ2) is 7.20. The van der Waals surface area contributed by atoms with Crippen molar-refractivity contribution in [3.63, 3.8) is 0 Å². The number of aliphatic hydroxyl groups is 1. The van der Waals surface area contributed by atoms with Crippen LogP contribution in [-0.2, 0) is 6.54 Å². The van der Waals surface area contributed by atoms with Crippen LogP contribution in [0.1, 0.15) is 24.3 Å². The topological polar surface area (TPSA) is 48.4 Å². The fraction of sp³-hybridized carbons (Fsp3) is 0.353. The first-order valence-corrected chi connectivity index (χ1v) is 7.16. The quantitative estimate of drug-likeness (QED) is 0.855. The van der Waals surface area contributed by atoms with Crippen LogP contribution in [0.2, 0.25) is 0 Å². The standard InChI is InChI=1S/C17H23N3O/c1-13(19-12-15-6-4-5-11-18-15)17(21)14-7-9-16(10-8-14)20(2)3/h4-11,13,17,19,21H,12H2,1-3H3. The molecule has 0 spiro atoms. The third-order valence-electron chi connectivity index (χ3n) is 3.56. The SMILES string of the molecule is CC(NCc1ccccn1)C(O)c1ccc(N(C)C)cc1. The third kappa shape index (κ3) is 4.28. The minimum absolute atomic E-state index is 0.0442. The molecule has 0 fully saturated rings. The van der Waals surface area contributed by atoms with Gasteiger partial charge >= 0.3 is 0 Å². The van der Waals surface area contributed by atoms with Crippen LogP contribution in [0, 0.1) is 0 Å². The van der Waals surface area contributed by atoms with E-state index in [1.54, 1.807) is 6.20 Å². The predicted octanol–water partition coefficient (Wildman–Crippen LogP) is 2.36. The molecule has 0 aliphatic carbocycles. The summed E-state index contributed by atoms with van der Waals surface area (Å²) in [5.74, 6) is 0. The summed E-state index contributed by atoms with van der Waals surface area (Å²) in [6.45, 7) is 2.63. The minimum Gasteiger partial charge on any atom is -0.387 e. The molecule has 2 rings (SSSR count). The number of nitrogens with zero attached hydrogens (tertiary/aromatic N) is 2. The van der Waals surface area contributed by atoms with Gasteiger partial charge in [-0.05, 0) is 36.8 Å². The van der Waals surface area contributed by atoms with Crippen LogP contribution in [-0.4, -0.2) is 30.2 Å². The van der Waals surface area contributed by atoms with E-state index in [0.29, 0.717) is 6.54 Å². The van der Waals surface area contributed by atoms with E-state index >= 15 is 0 Å². The van der Waals surface area contributed by atoms with Crippen LogP contribution >= 0.6 is 0 Å². The molecule has 1 aromatic heterocycles. The van der Waals surface area contributed by atoms with Gasteiger partial charge in [0.05, 0.1) is 11.8 Å². The van der Waals surface area contributed by atoms with Crippen molar-refractivity contribution in [1.82, 2.24) is 10.3 Å². The van der Waals surface area contributed by atoms with Crippen molar-refractivity contribution < 1.29 is 5.11 Å². The van der Waals surface area contributed by atoms with Gasteiger partial charge in [-0.1, -0.05) is 18.2 Å². The van der Waals surface area contributed by atoms with Gasteiger partial charge in [0.15, 0.2) is 0 Å². The summed E-state index contributed by atoms with van der Waals surface area (Å²) in [5, 5.41) is 13.7. The van der Waals surface area contributed by atoms with E-state index < -0.39 is 6.10 Å². The number of benzene rings is 1. The lowest BCUT2D eigenvalue weighted by Gasteiger charge is -2.21. The Labute approximate surface area is 126 Å². The third-order valence-corrected chi connectivity index (χ3v) is 3.56. The largest absolute Gasteiger partial charge is 0.387 e. The Bertz CT molecular complexity index is 540. The average Bonchev–Trinajstić information content (AvgIpc) is 2.53. The molecule has 0 amide bonds. The molecule has 4 nitrogen and oxygen atoms in total. The normalized spacial score (nSPS) is 13.7. The second-order valence-corrected chi connectivity index (χ2v) is 5.42. The molecule has 2 atom stereocenters. The molecule has 2 unspecified atom stereocenters. The number of hydrogen-bond donors (Lipinski definition) is 2. The molecule has 0 aliphatic rings. The van der Waals surface area contributed by atoms with Crippen molar-refractivity contribution >= 4 is 5.69 Å². The number of aromatic nitrogens is 1. The maximum Gasteiger partial charge on any atom is 0.0940 e. The first-order chi connectivity index (χ1) is 10.1. The maximum absolute atomic E-state index is 10.4. The van der Waals surface area contributed by atoms with Crippen molar-refractivity contribution in [2.24, 2.45) is 0 Å². The van der Waals surface area contributed by atoms with Crippen molar-refractivity contribution in [3.05, 3.63) is 59.9 Å². The van der Waals surface area contributed by atoms with E-state index in [1.165, 1.54) is 0 Å². The van der Waals surface area contributed by atoms with Crippen LogP contribution in [0.3, 0.4) is 0 Å². The van der Waals surface area contributed by atoms with Gasteiger partial charge in [0.1, 0.15) is 0 Å². The van der Waals surface area contributed by atoms with Gasteiger partial charge in [0.25, 0.3) is 0 Å². The number of nitrogens with one attached hydrogen (secondary N) is 1. The Morgan fingerprint density at radius 3 is 2.43 bits per heavy atom. The van der Waals surface area contributed by atoms with E-state index in [1.807, 2.05) is 68.4 Å². The highest BCUT2D eigenvalue weighted by molar-refractivity contribution is 5.46. The van der Waals surface area contributed by atoms with Crippen LogP contribution in [0.15, 0.2) is 48.7 Å². The number of anilines is 1. The lowest BCUT2D eigenvalue weighted by Crippen LogP contribution is -2.32. The summed E-state index contributed by atoms with van der Waals surface area (Å²) >= 11 is 0. The monoisotopic (exact) mass is 285 g/mol. The lowest BCUT2D eigenvalue weighted by molar-refractivity contribution is 0.135. The average molecular weight is 285 g/mol. The van der Waals surface area contributed by atoms with Gasteiger partial charge in [-0.25, -0.2) is 0 Å². The highest BCUT2D eigenvalue weighted by atomic mass is 16.3. The maximum atomic E-state index is 10.4. The van der Waals surface area contributed by atoms with Crippen LogP contribution < -0.4 is 10.2 Å². The fourth-order valence-corrected chi connectivity index (χ4v) is 2.14. The lowest BCUT2D eigenvalue weighted by atomic mass is 10.0. The molecule has 1 heterocycles.